The van der Waals surface area contributed by atoms with Crippen molar-refractivity contribution in [1.29, 1.82) is 0 Å². The number of hydrogen-bond donors (Lipinski definition) is 2. The molecule has 0 aliphatic carbocycles. The minimum absolute atomic E-state index is 0.419. The molecule has 2 saturated heterocycles. The van der Waals surface area contributed by atoms with E-state index in [4.69, 9.17) is 10.5 Å². The highest BCUT2D eigenvalue weighted by molar-refractivity contribution is 5.85. The average molecular weight is 539 g/mol. The van der Waals surface area contributed by atoms with Crippen LogP contribution in [0, 0.1) is 0 Å². The molecule has 8 heteroatoms. The fraction of sp³-hybridized carbons (Fsp3) is 0.581. The third-order valence-electron chi connectivity index (χ3n) is 7.53. The van der Waals surface area contributed by atoms with Gasteiger partial charge in [0, 0.05) is 61.0 Å². The fourth-order valence-corrected chi connectivity index (χ4v) is 5.14. The number of nitrogen functional groups attached to an aromatic ring is 1. The van der Waals surface area contributed by atoms with E-state index < -0.39 is 11.7 Å². The Kier molecular flexibility index (Phi) is 10.9. The number of hydrogen-bond acceptors (Lipinski definition) is 7. The van der Waals surface area contributed by atoms with Crippen LogP contribution in [-0.4, -0.2) is 87.9 Å². The van der Waals surface area contributed by atoms with Gasteiger partial charge in [-0.3, -0.25) is 5.32 Å². The summed E-state index contributed by atoms with van der Waals surface area (Å²) in [6.45, 7) is 10.00. The number of rotatable bonds is 5. The van der Waals surface area contributed by atoms with E-state index in [9.17, 15) is 4.79 Å². The lowest BCUT2D eigenvalue weighted by Gasteiger charge is -2.36. The Balaban J connectivity index is 0.000000230. The summed E-state index contributed by atoms with van der Waals surface area (Å²) in [5.74, 6) is 0. The zero-order chi connectivity index (χ0) is 28.6. The quantitative estimate of drug-likeness (QED) is 0.496. The van der Waals surface area contributed by atoms with Gasteiger partial charge in [0.1, 0.15) is 5.60 Å². The molecule has 0 unspecified atom stereocenters. The van der Waals surface area contributed by atoms with Gasteiger partial charge in [-0.15, -0.1) is 0 Å². The van der Waals surface area contributed by atoms with Gasteiger partial charge in [-0.05, 0) is 123 Å². The highest BCUT2D eigenvalue weighted by Gasteiger charge is 2.22. The minimum atomic E-state index is -0.485. The Morgan fingerprint density at radius 3 is 1.51 bits per heavy atom. The number of nitrogens with two attached hydrogens (primary N) is 1. The summed E-state index contributed by atoms with van der Waals surface area (Å²) in [7, 11) is 8.64. The molecular weight excluding hydrogens is 488 g/mol. The van der Waals surface area contributed by atoms with E-state index in [-0.39, 0.29) is 0 Å². The van der Waals surface area contributed by atoms with Crippen molar-refractivity contribution in [3.8, 4) is 0 Å². The van der Waals surface area contributed by atoms with Crippen LogP contribution < -0.4 is 20.9 Å². The summed E-state index contributed by atoms with van der Waals surface area (Å²) < 4.78 is 5.26. The molecular formula is C31H50N6O2. The number of piperidine rings is 2. The maximum absolute atomic E-state index is 11.8. The van der Waals surface area contributed by atoms with Crippen LogP contribution >= 0.6 is 0 Å². The van der Waals surface area contributed by atoms with E-state index in [1.807, 2.05) is 45.0 Å². The summed E-state index contributed by atoms with van der Waals surface area (Å²) in [5.41, 5.74) is 9.31. The van der Waals surface area contributed by atoms with Gasteiger partial charge in [-0.2, -0.15) is 0 Å². The smallest absolute Gasteiger partial charge is 0.412 e. The summed E-state index contributed by atoms with van der Waals surface area (Å²) in [6.07, 6.45) is 4.45. The van der Waals surface area contributed by atoms with Crippen LogP contribution in [0.5, 0.6) is 0 Å². The Labute approximate surface area is 236 Å². The number of benzene rings is 2. The van der Waals surface area contributed by atoms with E-state index in [0.29, 0.717) is 6.04 Å². The van der Waals surface area contributed by atoms with Crippen molar-refractivity contribution in [1.82, 2.24) is 9.80 Å². The molecule has 4 rings (SSSR count). The SMILES string of the molecule is CN(C)C1CCN(c2ccc(N)cc2)CC1.CN(C)C1CCN(c2ccc(NC(=O)OC(C)(C)C)cc2)CC1. The number of nitrogens with zero attached hydrogens (tertiary/aromatic N) is 4. The summed E-state index contributed by atoms with van der Waals surface area (Å²) in [4.78, 5) is 21.3. The number of carbonyl (C=O) groups is 1. The predicted molar refractivity (Wildman–Crippen MR) is 165 cm³/mol. The van der Waals surface area contributed by atoms with E-state index in [1.165, 1.54) is 37.1 Å². The predicted octanol–water partition coefficient (Wildman–Crippen LogP) is 5.36. The highest BCUT2D eigenvalue weighted by Crippen LogP contribution is 2.24. The summed E-state index contributed by atoms with van der Waals surface area (Å²) in [5, 5.41) is 2.76. The van der Waals surface area contributed by atoms with Crippen molar-refractivity contribution >= 4 is 28.8 Å². The first kappa shape index (κ1) is 30.6. The monoisotopic (exact) mass is 538 g/mol. The molecule has 8 nitrogen and oxygen atoms in total. The molecule has 216 valence electrons. The Bertz CT molecular complexity index is 1000. The Hall–Kier alpha value is -2.97. The molecule has 2 heterocycles. The molecule has 2 aromatic carbocycles. The molecule has 39 heavy (non-hydrogen) atoms. The molecule has 0 bridgehead atoms. The molecule has 2 aliphatic rings. The van der Waals surface area contributed by atoms with Gasteiger partial charge in [0.25, 0.3) is 0 Å². The van der Waals surface area contributed by atoms with Crippen LogP contribution in [-0.2, 0) is 4.74 Å². The Morgan fingerprint density at radius 2 is 1.15 bits per heavy atom. The lowest BCUT2D eigenvalue weighted by Crippen LogP contribution is -2.41. The van der Waals surface area contributed by atoms with Gasteiger partial charge in [-0.1, -0.05) is 0 Å². The van der Waals surface area contributed by atoms with Crippen molar-refractivity contribution < 1.29 is 9.53 Å². The normalized spacial score (nSPS) is 17.2. The average Bonchev–Trinajstić information content (AvgIpc) is 2.89. The van der Waals surface area contributed by atoms with Gasteiger partial charge >= 0.3 is 6.09 Å². The van der Waals surface area contributed by atoms with Crippen molar-refractivity contribution in [2.24, 2.45) is 0 Å². The van der Waals surface area contributed by atoms with E-state index in [2.05, 4.69) is 77.4 Å². The molecule has 2 aliphatic heterocycles. The standard InChI is InChI=1S/C18H29N3O2.C13H21N3/c1-18(2,3)23-17(22)19-14-6-8-16(9-7-14)21-12-10-15(11-13-21)20(4)5;1-15(2)12-7-9-16(10-8-12)13-5-3-11(14)4-6-13/h6-9,15H,10-13H2,1-5H3,(H,19,22);3-6,12H,7-10,14H2,1-2H3. The van der Waals surface area contributed by atoms with Crippen LogP contribution in [0.25, 0.3) is 0 Å². The van der Waals surface area contributed by atoms with Crippen LogP contribution in [0.2, 0.25) is 0 Å². The first-order valence-corrected chi connectivity index (χ1v) is 14.2. The van der Waals surface area contributed by atoms with Crippen molar-refractivity contribution in [3.63, 3.8) is 0 Å². The lowest BCUT2D eigenvalue weighted by molar-refractivity contribution is 0.0636. The van der Waals surface area contributed by atoms with Crippen LogP contribution in [0.3, 0.4) is 0 Å². The molecule has 0 saturated carbocycles. The van der Waals surface area contributed by atoms with Gasteiger partial charge < -0.3 is 30.1 Å². The van der Waals surface area contributed by atoms with E-state index in [0.717, 1.165) is 43.6 Å². The number of amides is 1. The maximum atomic E-state index is 11.8. The maximum Gasteiger partial charge on any atom is 0.412 e. The second-order valence-corrected chi connectivity index (χ2v) is 12.1. The third-order valence-corrected chi connectivity index (χ3v) is 7.53. The molecule has 0 atom stereocenters. The molecule has 0 radical (unpaired) electrons. The molecule has 1 amide bonds. The number of nitrogens with one attached hydrogen (secondary N) is 1. The van der Waals surface area contributed by atoms with Gasteiger partial charge in [0.15, 0.2) is 0 Å². The fourth-order valence-electron chi connectivity index (χ4n) is 5.14. The van der Waals surface area contributed by atoms with Crippen molar-refractivity contribution in [2.45, 2.75) is 64.1 Å². The zero-order valence-electron chi connectivity index (χ0n) is 25.1. The van der Waals surface area contributed by atoms with Gasteiger partial charge in [0.2, 0.25) is 0 Å². The molecule has 0 aromatic heterocycles. The van der Waals surface area contributed by atoms with Crippen LogP contribution in [0.1, 0.15) is 46.5 Å². The van der Waals surface area contributed by atoms with Gasteiger partial charge in [0.05, 0.1) is 0 Å². The summed E-state index contributed by atoms with van der Waals surface area (Å²) >= 11 is 0. The number of ether oxygens (including phenoxy) is 1. The molecule has 2 aromatic rings. The van der Waals surface area contributed by atoms with Crippen LogP contribution in [0.4, 0.5) is 27.5 Å². The first-order chi connectivity index (χ1) is 18.4. The lowest BCUT2D eigenvalue weighted by atomic mass is 10.0. The molecule has 3 N–H and O–H groups in total. The largest absolute Gasteiger partial charge is 0.444 e. The first-order valence-electron chi connectivity index (χ1n) is 14.2. The second kappa shape index (κ2) is 13.9. The summed E-state index contributed by atoms with van der Waals surface area (Å²) in [6, 6.07) is 17.6. The number of carbonyl (C=O) groups excluding carboxylic acids is 1. The van der Waals surface area contributed by atoms with Crippen molar-refractivity contribution in [3.05, 3.63) is 48.5 Å². The third kappa shape index (κ3) is 9.93. The minimum Gasteiger partial charge on any atom is -0.444 e. The van der Waals surface area contributed by atoms with E-state index in [1.54, 1.807) is 0 Å². The molecule has 2 fully saturated rings. The van der Waals surface area contributed by atoms with Crippen LogP contribution in [0.15, 0.2) is 48.5 Å². The topological polar surface area (TPSA) is 77.3 Å². The van der Waals surface area contributed by atoms with E-state index >= 15 is 0 Å². The van der Waals surface area contributed by atoms with Gasteiger partial charge in [-0.25, -0.2) is 4.79 Å². The van der Waals surface area contributed by atoms with Crippen molar-refractivity contribution in [2.75, 3.05) is 75.2 Å². The highest BCUT2D eigenvalue weighted by atomic mass is 16.6. The number of anilines is 4. The second-order valence-electron chi connectivity index (χ2n) is 12.1. The Morgan fingerprint density at radius 1 is 0.769 bits per heavy atom. The zero-order valence-corrected chi connectivity index (χ0v) is 25.1. The molecule has 0 spiro atoms.